The number of fused-ring (bicyclic) bond motifs is 1. The number of nitrogens with zero attached hydrogens (tertiary/aromatic N) is 3. The molecule has 0 saturated heterocycles. The molecule has 1 heterocycles. The van der Waals surface area contributed by atoms with Crippen molar-refractivity contribution in [1.29, 1.82) is 0 Å². The van der Waals surface area contributed by atoms with Crippen molar-refractivity contribution in [3.63, 3.8) is 0 Å². The molecule has 0 aliphatic rings. The predicted octanol–water partition coefficient (Wildman–Crippen LogP) is 2.73. The summed E-state index contributed by atoms with van der Waals surface area (Å²) in [5, 5.41) is 14.9. The monoisotopic (exact) mass is 488 g/mol. The first-order chi connectivity index (χ1) is 16.0. The molecule has 180 valence electrons. The van der Waals surface area contributed by atoms with E-state index >= 15 is 0 Å². The van der Waals surface area contributed by atoms with Crippen LogP contribution in [0.1, 0.15) is 36.3 Å². The summed E-state index contributed by atoms with van der Waals surface area (Å²) in [6, 6.07) is 11.4. The zero-order valence-corrected chi connectivity index (χ0v) is 19.7. The van der Waals surface area contributed by atoms with Crippen LogP contribution in [-0.2, 0) is 22.6 Å². The van der Waals surface area contributed by atoms with Gasteiger partial charge in [0.05, 0.1) is 22.7 Å². The Morgan fingerprint density at radius 2 is 1.88 bits per heavy atom. The summed E-state index contributed by atoms with van der Waals surface area (Å²) in [4.78, 5) is 38.8. The van der Waals surface area contributed by atoms with Crippen LogP contribution in [0.3, 0.4) is 0 Å². The number of benzene rings is 2. The number of ketones is 1. The molecule has 3 rings (SSSR count). The Balaban J connectivity index is 1.76. The van der Waals surface area contributed by atoms with E-state index in [9.17, 15) is 23.9 Å². The topological polar surface area (TPSA) is 119 Å². The maximum absolute atomic E-state index is 14.1. The summed E-state index contributed by atoms with van der Waals surface area (Å²) < 4.78 is 15.5. The Morgan fingerprint density at radius 1 is 1.18 bits per heavy atom. The first-order valence-corrected chi connectivity index (χ1v) is 11.0. The van der Waals surface area contributed by atoms with Crippen LogP contribution < -0.4 is 5.73 Å². The summed E-state index contributed by atoms with van der Waals surface area (Å²) >= 11 is 5.79. The van der Waals surface area contributed by atoms with Gasteiger partial charge in [-0.25, -0.2) is 4.39 Å². The van der Waals surface area contributed by atoms with Gasteiger partial charge in [-0.3, -0.25) is 19.1 Å². The molecule has 8 nitrogen and oxygen atoms in total. The average molecular weight is 489 g/mol. The second-order valence-electron chi connectivity index (χ2n) is 8.70. The van der Waals surface area contributed by atoms with Crippen LogP contribution >= 0.6 is 11.6 Å². The van der Waals surface area contributed by atoms with Crippen LogP contribution in [0.15, 0.2) is 42.5 Å². The van der Waals surface area contributed by atoms with Gasteiger partial charge in [0.1, 0.15) is 12.4 Å². The number of aryl methyl sites for hydroxylation is 1. The number of amides is 2. The van der Waals surface area contributed by atoms with Gasteiger partial charge in [-0.15, -0.1) is 0 Å². The standard InChI is InChI=1S/C24H26ClFN4O4/c1-24(2,34)14-29(12-16(31)11-10-15-6-5-8-18(25)21(15)26)20(32)13-30-19-9-4-3-7-17(19)22(28-30)23(27)33/h3-9,34H,10-14H2,1-2H3,(H2,27,33). The van der Waals surface area contributed by atoms with E-state index < -0.39 is 23.2 Å². The molecule has 0 bridgehead atoms. The van der Waals surface area contributed by atoms with Gasteiger partial charge >= 0.3 is 0 Å². The third-order valence-electron chi connectivity index (χ3n) is 5.18. The molecule has 3 aromatic rings. The van der Waals surface area contributed by atoms with Crippen LogP contribution in [0.2, 0.25) is 5.02 Å². The first kappa shape index (κ1) is 25.3. The zero-order chi connectivity index (χ0) is 25.0. The van der Waals surface area contributed by atoms with Crippen LogP contribution in [-0.4, -0.2) is 56.1 Å². The molecule has 0 unspecified atom stereocenters. The number of Topliss-reactive ketones (excluding diaryl/α,β-unsaturated/α-hetero) is 1. The van der Waals surface area contributed by atoms with Gasteiger partial charge in [0.25, 0.3) is 5.91 Å². The van der Waals surface area contributed by atoms with Crippen LogP contribution in [0.5, 0.6) is 0 Å². The minimum atomic E-state index is -1.26. The lowest BCUT2D eigenvalue weighted by molar-refractivity contribution is -0.138. The molecule has 0 atom stereocenters. The van der Waals surface area contributed by atoms with E-state index in [1.807, 2.05) is 0 Å². The number of hydrogen-bond donors (Lipinski definition) is 2. The molecular weight excluding hydrogens is 463 g/mol. The Hall–Kier alpha value is -3.30. The summed E-state index contributed by atoms with van der Waals surface area (Å²) in [7, 11) is 0. The van der Waals surface area contributed by atoms with Gasteiger partial charge in [0, 0.05) is 18.4 Å². The van der Waals surface area contributed by atoms with E-state index in [1.54, 1.807) is 36.4 Å². The number of aliphatic hydroxyl groups is 1. The van der Waals surface area contributed by atoms with E-state index in [4.69, 9.17) is 17.3 Å². The Bertz CT molecular complexity index is 1240. The van der Waals surface area contributed by atoms with Gasteiger partial charge in [-0.1, -0.05) is 41.9 Å². The molecule has 34 heavy (non-hydrogen) atoms. The lowest BCUT2D eigenvalue weighted by Gasteiger charge is -2.28. The minimum Gasteiger partial charge on any atom is -0.389 e. The molecule has 0 radical (unpaired) electrons. The molecule has 2 amide bonds. The quantitative estimate of drug-likeness (QED) is 0.455. The van der Waals surface area contributed by atoms with Gasteiger partial charge in [-0.2, -0.15) is 5.10 Å². The highest BCUT2D eigenvalue weighted by Gasteiger charge is 2.26. The molecule has 0 aliphatic carbocycles. The summed E-state index contributed by atoms with van der Waals surface area (Å²) in [6.45, 7) is 2.40. The highest BCUT2D eigenvalue weighted by atomic mass is 35.5. The number of primary amides is 1. The molecular formula is C24H26ClFN4O4. The van der Waals surface area contributed by atoms with E-state index in [0.29, 0.717) is 16.5 Å². The largest absolute Gasteiger partial charge is 0.389 e. The average Bonchev–Trinajstić information content (AvgIpc) is 3.12. The zero-order valence-electron chi connectivity index (χ0n) is 18.9. The number of halogens is 2. The highest BCUT2D eigenvalue weighted by Crippen LogP contribution is 2.20. The fourth-order valence-corrected chi connectivity index (χ4v) is 3.86. The lowest BCUT2D eigenvalue weighted by atomic mass is 10.1. The van der Waals surface area contributed by atoms with Gasteiger partial charge in [0.2, 0.25) is 5.91 Å². The van der Waals surface area contributed by atoms with Crippen molar-refractivity contribution >= 4 is 40.1 Å². The van der Waals surface area contributed by atoms with Crippen molar-refractivity contribution < 1.29 is 23.9 Å². The second kappa shape index (κ2) is 10.3. The van der Waals surface area contributed by atoms with Crippen molar-refractivity contribution in [3.8, 4) is 0 Å². The van der Waals surface area contributed by atoms with Crippen molar-refractivity contribution in [2.24, 2.45) is 5.73 Å². The van der Waals surface area contributed by atoms with Crippen LogP contribution in [0.25, 0.3) is 10.9 Å². The SMILES string of the molecule is CC(C)(O)CN(CC(=O)CCc1cccc(Cl)c1F)C(=O)Cn1nc(C(N)=O)c2ccccc21. The van der Waals surface area contributed by atoms with E-state index in [2.05, 4.69) is 5.10 Å². The fraction of sp³-hybridized carbons (Fsp3) is 0.333. The summed E-state index contributed by atoms with van der Waals surface area (Å²) in [5.41, 5.74) is 5.03. The number of hydrogen-bond acceptors (Lipinski definition) is 5. The molecule has 1 aromatic heterocycles. The van der Waals surface area contributed by atoms with Crippen LogP contribution in [0.4, 0.5) is 4.39 Å². The van der Waals surface area contributed by atoms with Crippen molar-refractivity contribution in [2.45, 2.75) is 38.8 Å². The number of aromatic nitrogens is 2. The van der Waals surface area contributed by atoms with Crippen LogP contribution in [0, 0.1) is 5.82 Å². The molecule has 0 saturated carbocycles. The van der Waals surface area contributed by atoms with Crippen molar-refractivity contribution in [1.82, 2.24) is 14.7 Å². The number of rotatable bonds is 10. The minimum absolute atomic E-state index is 0.0105. The number of carbonyl (C=O) groups is 3. The third-order valence-corrected chi connectivity index (χ3v) is 5.47. The van der Waals surface area contributed by atoms with Crippen molar-refractivity contribution in [2.75, 3.05) is 13.1 Å². The Kier molecular flexibility index (Phi) is 7.68. The fourth-order valence-electron chi connectivity index (χ4n) is 3.66. The number of carbonyl (C=O) groups excluding carboxylic acids is 3. The molecule has 10 heteroatoms. The summed E-state index contributed by atoms with van der Waals surface area (Å²) in [5.74, 6) is -2.08. The molecule has 0 fully saturated rings. The maximum Gasteiger partial charge on any atom is 0.269 e. The van der Waals surface area contributed by atoms with Gasteiger partial charge in [-0.05, 0) is 38.0 Å². The third kappa shape index (κ3) is 6.18. The van der Waals surface area contributed by atoms with E-state index in [0.717, 1.165) is 0 Å². The normalized spacial score (nSPS) is 11.6. The molecule has 0 spiro atoms. The molecule has 3 N–H and O–H groups in total. The molecule has 0 aliphatic heterocycles. The van der Waals surface area contributed by atoms with E-state index in [-0.39, 0.29) is 49.0 Å². The summed E-state index contributed by atoms with van der Waals surface area (Å²) in [6.07, 6.45) is 0.116. The second-order valence-corrected chi connectivity index (χ2v) is 9.11. The van der Waals surface area contributed by atoms with Crippen molar-refractivity contribution in [3.05, 3.63) is 64.6 Å². The number of para-hydroxylation sites is 1. The Morgan fingerprint density at radius 3 is 2.56 bits per heavy atom. The smallest absolute Gasteiger partial charge is 0.269 e. The Labute approximate surface area is 201 Å². The lowest BCUT2D eigenvalue weighted by Crippen LogP contribution is -2.46. The highest BCUT2D eigenvalue weighted by molar-refractivity contribution is 6.30. The van der Waals surface area contributed by atoms with Gasteiger partial charge < -0.3 is 15.7 Å². The first-order valence-electron chi connectivity index (χ1n) is 10.7. The number of nitrogens with two attached hydrogens (primary N) is 1. The molecule has 2 aromatic carbocycles. The van der Waals surface area contributed by atoms with Gasteiger partial charge in [0.15, 0.2) is 11.5 Å². The maximum atomic E-state index is 14.1. The predicted molar refractivity (Wildman–Crippen MR) is 126 cm³/mol. The van der Waals surface area contributed by atoms with E-state index in [1.165, 1.54) is 29.5 Å².